The van der Waals surface area contributed by atoms with Crippen LogP contribution in [0.1, 0.15) is 44.1 Å². The Hall–Kier alpha value is -1.36. The third-order valence-corrected chi connectivity index (χ3v) is 3.26. The standard InChI is InChI=1S/C12H20N4O/c1-9-11(16-13)14-8-15-12(9)17-10-6-4-2-3-5-7-10/h8,10H,2-7,13H2,1H3,(H,14,15,16). The zero-order valence-electron chi connectivity index (χ0n) is 10.3. The monoisotopic (exact) mass is 236 g/mol. The number of hydrogen-bond donors (Lipinski definition) is 2. The number of nitrogens with zero attached hydrogens (tertiary/aromatic N) is 2. The summed E-state index contributed by atoms with van der Waals surface area (Å²) in [5.74, 6) is 6.66. The topological polar surface area (TPSA) is 73.1 Å². The lowest BCUT2D eigenvalue weighted by Gasteiger charge is -2.18. The SMILES string of the molecule is Cc1c(NN)ncnc1OC1CCCCCC1. The Bertz CT molecular complexity index is 362. The summed E-state index contributed by atoms with van der Waals surface area (Å²) in [4.78, 5) is 8.22. The Balaban J connectivity index is 2.06. The molecule has 3 N–H and O–H groups in total. The van der Waals surface area contributed by atoms with Gasteiger partial charge >= 0.3 is 0 Å². The number of anilines is 1. The van der Waals surface area contributed by atoms with E-state index in [0.29, 0.717) is 11.7 Å². The van der Waals surface area contributed by atoms with E-state index in [9.17, 15) is 0 Å². The summed E-state index contributed by atoms with van der Waals surface area (Å²) in [6.45, 7) is 1.92. The smallest absolute Gasteiger partial charge is 0.221 e. The molecule has 1 aromatic rings. The Labute approximate surface area is 102 Å². The van der Waals surface area contributed by atoms with Crippen molar-refractivity contribution in [2.45, 2.75) is 51.6 Å². The third-order valence-electron chi connectivity index (χ3n) is 3.26. The molecule has 1 heterocycles. The van der Waals surface area contributed by atoms with Crippen LogP contribution in [0.2, 0.25) is 0 Å². The average molecular weight is 236 g/mol. The molecule has 1 aromatic heterocycles. The summed E-state index contributed by atoms with van der Waals surface area (Å²) in [5, 5.41) is 0. The minimum absolute atomic E-state index is 0.289. The largest absolute Gasteiger partial charge is 0.474 e. The highest BCUT2D eigenvalue weighted by atomic mass is 16.5. The molecule has 0 atom stereocenters. The van der Waals surface area contributed by atoms with E-state index in [2.05, 4.69) is 15.4 Å². The van der Waals surface area contributed by atoms with Crippen molar-refractivity contribution in [2.24, 2.45) is 5.84 Å². The minimum atomic E-state index is 0.289. The summed E-state index contributed by atoms with van der Waals surface area (Å²) in [5.41, 5.74) is 3.43. The van der Waals surface area contributed by atoms with E-state index < -0.39 is 0 Å². The number of nitrogen functional groups attached to an aromatic ring is 1. The number of hydrazine groups is 1. The van der Waals surface area contributed by atoms with Gasteiger partial charge in [-0.3, -0.25) is 0 Å². The second kappa shape index (κ2) is 5.82. The fourth-order valence-electron chi connectivity index (χ4n) is 2.22. The van der Waals surface area contributed by atoms with Crippen LogP contribution in [-0.4, -0.2) is 16.1 Å². The number of rotatable bonds is 3. The van der Waals surface area contributed by atoms with Crippen LogP contribution in [-0.2, 0) is 0 Å². The Kier molecular flexibility index (Phi) is 4.14. The van der Waals surface area contributed by atoms with Gasteiger partial charge in [-0.15, -0.1) is 0 Å². The van der Waals surface area contributed by atoms with Gasteiger partial charge in [-0.05, 0) is 32.6 Å². The van der Waals surface area contributed by atoms with Gasteiger partial charge in [0.05, 0.1) is 5.56 Å². The highest BCUT2D eigenvalue weighted by Gasteiger charge is 2.16. The van der Waals surface area contributed by atoms with Crippen molar-refractivity contribution in [1.29, 1.82) is 0 Å². The molecule has 0 aromatic carbocycles. The van der Waals surface area contributed by atoms with Crippen LogP contribution in [0.3, 0.4) is 0 Å². The van der Waals surface area contributed by atoms with Crippen molar-refractivity contribution in [3.05, 3.63) is 11.9 Å². The predicted octanol–water partition coefficient (Wildman–Crippen LogP) is 2.17. The Morgan fingerprint density at radius 3 is 2.59 bits per heavy atom. The van der Waals surface area contributed by atoms with Gasteiger partial charge in [0.2, 0.25) is 5.88 Å². The van der Waals surface area contributed by atoms with E-state index in [4.69, 9.17) is 10.6 Å². The first-order chi connectivity index (χ1) is 8.31. The first-order valence-corrected chi connectivity index (χ1v) is 6.26. The Morgan fingerprint density at radius 1 is 1.24 bits per heavy atom. The molecular formula is C12H20N4O. The van der Waals surface area contributed by atoms with Gasteiger partial charge in [-0.25, -0.2) is 15.8 Å². The summed E-state index contributed by atoms with van der Waals surface area (Å²) < 4.78 is 5.96. The lowest BCUT2D eigenvalue weighted by atomic mass is 10.1. The molecule has 1 aliphatic rings. The molecule has 17 heavy (non-hydrogen) atoms. The molecule has 1 saturated carbocycles. The van der Waals surface area contributed by atoms with Gasteiger partial charge < -0.3 is 10.2 Å². The number of aromatic nitrogens is 2. The van der Waals surface area contributed by atoms with Crippen molar-refractivity contribution in [3.8, 4) is 5.88 Å². The molecular weight excluding hydrogens is 216 g/mol. The first-order valence-electron chi connectivity index (χ1n) is 6.26. The normalized spacial score (nSPS) is 17.5. The van der Waals surface area contributed by atoms with E-state index in [1.165, 1.54) is 32.0 Å². The molecule has 0 bridgehead atoms. The molecule has 1 fully saturated rings. The summed E-state index contributed by atoms with van der Waals surface area (Å²) in [6.07, 6.45) is 9.14. The lowest BCUT2D eigenvalue weighted by molar-refractivity contribution is 0.174. The van der Waals surface area contributed by atoms with Crippen LogP contribution >= 0.6 is 0 Å². The lowest BCUT2D eigenvalue weighted by Crippen LogP contribution is -2.18. The number of nitrogens with two attached hydrogens (primary N) is 1. The average Bonchev–Trinajstić information content (AvgIpc) is 2.60. The van der Waals surface area contributed by atoms with E-state index in [1.54, 1.807) is 0 Å². The molecule has 0 spiro atoms. The molecule has 5 nitrogen and oxygen atoms in total. The van der Waals surface area contributed by atoms with Gasteiger partial charge in [-0.1, -0.05) is 12.8 Å². The minimum Gasteiger partial charge on any atom is -0.474 e. The molecule has 0 unspecified atom stereocenters. The predicted molar refractivity (Wildman–Crippen MR) is 66.7 cm³/mol. The van der Waals surface area contributed by atoms with E-state index in [1.807, 2.05) is 6.92 Å². The molecule has 0 aliphatic heterocycles. The zero-order chi connectivity index (χ0) is 12.1. The van der Waals surface area contributed by atoms with Crippen molar-refractivity contribution in [1.82, 2.24) is 9.97 Å². The van der Waals surface area contributed by atoms with Crippen LogP contribution in [0.4, 0.5) is 5.82 Å². The molecule has 0 radical (unpaired) electrons. The molecule has 0 saturated heterocycles. The number of ether oxygens (including phenoxy) is 1. The zero-order valence-corrected chi connectivity index (χ0v) is 10.3. The molecule has 1 aliphatic carbocycles. The highest BCUT2D eigenvalue weighted by molar-refractivity contribution is 5.46. The van der Waals surface area contributed by atoms with Gasteiger partial charge in [0.15, 0.2) is 0 Å². The molecule has 0 amide bonds. The van der Waals surface area contributed by atoms with E-state index in [0.717, 1.165) is 18.4 Å². The first kappa shape index (κ1) is 12.1. The quantitative estimate of drug-likeness (QED) is 0.478. The second-order valence-electron chi connectivity index (χ2n) is 4.53. The van der Waals surface area contributed by atoms with Gasteiger partial charge in [0.1, 0.15) is 18.2 Å². The number of hydrogen-bond acceptors (Lipinski definition) is 5. The van der Waals surface area contributed by atoms with Crippen molar-refractivity contribution in [3.63, 3.8) is 0 Å². The van der Waals surface area contributed by atoms with Crippen molar-refractivity contribution < 1.29 is 4.74 Å². The van der Waals surface area contributed by atoms with Crippen molar-refractivity contribution >= 4 is 5.82 Å². The van der Waals surface area contributed by atoms with Crippen molar-refractivity contribution in [2.75, 3.05) is 5.43 Å². The maximum atomic E-state index is 5.96. The van der Waals surface area contributed by atoms with Gasteiger partial charge in [-0.2, -0.15) is 0 Å². The van der Waals surface area contributed by atoms with Crippen LogP contribution < -0.4 is 16.0 Å². The summed E-state index contributed by atoms with van der Waals surface area (Å²) in [6, 6.07) is 0. The molecule has 2 rings (SSSR count). The summed E-state index contributed by atoms with van der Waals surface area (Å²) in [7, 11) is 0. The van der Waals surface area contributed by atoms with E-state index in [-0.39, 0.29) is 6.10 Å². The third kappa shape index (κ3) is 3.06. The maximum Gasteiger partial charge on any atom is 0.221 e. The van der Waals surface area contributed by atoms with E-state index >= 15 is 0 Å². The van der Waals surface area contributed by atoms with Crippen LogP contribution in [0, 0.1) is 6.92 Å². The van der Waals surface area contributed by atoms with Gasteiger partial charge in [0.25, 0.3) is 0 Å². The van der Waals surface area contributed by atoms with Gasteiger partial charge in [0, 0.05) is 0 Å². The highest BCUT2D eigenvalue weighted by Crippen LogP contribution is 2.25. The van der Waals surface area contributed by atoms with Crippen LogP contribution in [0.5, 0.6) is 5.88 Å². The van der Waals surface area contributed by atoms with Crippen LogP contribution in [0.15, 0.2) is 6.33 Å². The Morgan fingerprint density at radius 2 is 1.94 bits per heavy atom. The van der Waals surface area contributed by atoms with Crippen LogP contribution in [0.25, 0.3) is 0 Å². The fourth-order valence-corrected chi connectivity index (χ4v) is 2.22. The fraction of sp³-hybridized carbons (Fsp3) is 0.667. The maximum absolute atomic E-state index is 5.96. The number of nitrogens with one attached hydrogen (secondary N) is 1. The molecule has 94 valence electrons. The molecule has 5 heteroatoms. The second-order valence-corrected chi connectivity index (χ2v) is 4.53. The summed E-state index contributed by atoms with van der Waals surface area (Å²) >= 11 is 0.